The minimum Gasteiger partial charge on any atom is -0.477 e. The number of carbonyl (C=O) groups excluding carboxylic acids is 1. The van der Waals surface area contributed by atoms with Crippen molar-refractivity contribution in [1.29, 1.82) is 0 Å². The van der Waals surface area contributed by atoms with Crippen molar-refractivity contribution in [2.45, 2.75) is 25.7 Å². The van der Waals surface area contributed by atoms with Crippen LogP contribution in [0.15, 0.2) is 6.20 Å². The molecule has 0 aromatic carbocycles. The lowest BCUT2D eigenvalue weighted by molar-refractivity contribution is -0.114. The third-order valence-electron chi connectivity index (χ3n) is 2.27. The predicted molar refractivity (Wildman–Crippen MR) is 55.3 cm³/mol. The highest BCUT2D eigenvalue weighted by molar-refractivity contribution is 5.98. The number of anilines is 1. The molecule has 0 atom stereocenters. The van der Waals surface area contributed by atoms with Gasteiger partial charge in [-0.2, -0.15) is 0 Å². The maximum atomic E-state index is 10.9. The van der Waals surface area contributed by atoms with Gasteiger partial charge >= 0.3 is 5.97 Å². The topological polar surface area (TPSA) is 92.2 Å². The Balaban J connectivity index is 2.37. The molecule has 16 heavy (non-hydrogen) atoms. The Morgan fingerprint density at radius 3 is 2.69 bits per heavy atom. The van der Waals surface area contributed by atoms with Crippen LogP contribution in [-0.4, -0.2) is 27.0 Å². The summed E-state index contributed by atoms with van der Waals surface area (Å²) in [6, 6.07) is 0. The fourth-order valence-electron chi connectivity index (χ4n) is 1.35. The number of aromatic nitrogens is 2. The van der Waals surface area contributed by atoms with Crippen LogP contribution >= 0.6 is 0 Å². The second kappa shape index (κ2) is 3.88. The van der Waals surface area contributed by atoms with Crippen molar-refractivity contribution in [3.05, 3.63) is 17.6 Å². The van der Waals surface area contributed by atoms with Gasteiger partial charge in [0, 0.05) is 19.0 Å². The smallest absolute Gasteiger partial charge is 0.341 e. The Labute approximate surface area is 91.7 Å². The number of carbonyl (C=O) groups is 2. The van der Waals surface area contributed by atoms with Crippen LogP contribution in [0.2, 0.25) is 0 Å². The zero-order valence-corrected chi connectivity index (χ0v) is 8.73. The third-order valence-corrected chi connectivity index (χ3v) is 2.27. The molecule has 1 aliphatic carbocycles. The molecule has 1 heterocycles. The Bertz CT molecular complexity index is 455. The first-order valence-electron chi connectivity index (χ1n) is 4.95. The van der Waals surface area contributed by atoms with E-state index in [2.05, 4.69) is 15.3 Å². The molecule has 0 aliphatic heterocycles. The lowest BCUT2D eigenvalue weighted by Crippen LogP contribution is -2.14. The summed E-state index contributed by atoms with van der Waals surface area (Å²) in [5.41, 5.74) is -0.0837. The third kappa shape index (κ3) is 2.16. The van der Waals surface area contributed by atoms with Crippen LogP contribution in [0.3, 0.4) is 0 Å². The van der Waals surface area contributed by atoms with E-state index in [0.29, 0.717) is 11.7 Å². The molecule has 1 aromatic rings. The lowest BCUT2D eigenvalue weighted by Gasteiger charge is -2.06. The van der Waals surface area contributed by atoms with Crippen LogP contribution in [0.1, 0.15) is 41.9 Å². The molecule has 2 N–H and O–H groups in total. The lowest BCUT2D eigenvalue weighted by atomic mass is 10.3. The van der Waals surface area contributed by atoms with Crippen LogP contribution in [0.25, 0.3) is 0 Å². The summed E-state index contributed by atoms with van der Waals surface area (Å²) < 4.78 is 0. The molecular weight excluding hydrogens is 210 g/mol. The van der Waals surface area contributed by atoms with Crippen molar-refractivity contribution in [2.24, 2.45) is 0 Å². The Morgan fingerprint density at radius 2 is 2.19 bits per heavy atom. The number of aromatic carboxylic acids is 1. The van der Waals surface area contributed by atoms with Crippen LogP contribution in [0.4, 0.5) is 5.82 Å². The molecule has 0 saturated heterocycles. The summed E-state index contributed by atoms with van der Waals surface area (Å²) in [6.45, 7) is 1.31. The predicted octanol–water partition coefficient (Wildman–Crippen LogP) is 1.01. The number of hydrogen-bond donors (Lipinski definition) is 2. The van der Waals surface area contributed by atoms with Crippen LogP contribution in [-0.2, 0) is 4.79 Å². The largest absolute Gasteiger partial charge is 0.477 e. The first-order chi connectivity index (χ1) is 7.58. The molecule has 2 rings (SSSR count). The molecule has 0 unspecified atom stereocenters. The maximum Gasteiger partial charge on any atom is 0.341 e. The van der Waals surface area contributed by atoms with E-state index in [4.69, 9.17) is 5.11 Å². The molecule has 1 fully saturated rings. The van der Waals surface area contributed by atoms with Gasteiger partial charge in [0.05, 0.1) is 0 Å². The van der Waals surface area contributed by atoms with E-state index in [1.807, 2.05) is 0 Å². The van der Waals surface area contributed by atoms with E-state index in [-0.39, 0.29) is 17.3 Å². The van der Waals surface area contributed by atoms with Crippen LogP contribution in [0.5, 0.6) is 0 Å². The average molecular weight is 221 g/mol. The minimum atomic E-state index is -1.15. The van der Waals surface area contributed by atoms with Crippen molar-refractivity contribution >= 4 is 17.7 Å². The van der Waals surface area contributed by atoms with E-state index in [1.165, 1.54) is 13.1 Å². The molecule has 84 valence electrons. The molecule has 1 aromatic heterocycles. The summed E-state index contributed by atoms with van der Waals surface area (Å²) in [7, 11) is 0. The van der Waals surface area contributed by atoms with Gasteiger partial charge in [0.25, 0.3) is 0 Å². The maximum absolute atomic E-state index is 10.9. The molecular formula is C10H11N3O3. The van der Waals surface area contributed by atoms with Gasteiger partial charge in [-0.15, -0.1) is 0 Å². The molecule has 0 radical (unpaired) electrons. The quantitative estimate of drug-likeness (QED) is 0.794. The second-order valence-electron chi connectivity index (χ2n) is 3.75. The second-order valence-corrected chi connectivity index (χ2v) is 3.75. The first kappa shape index (κ1) is 10.5. The number of nitrogens with zero attached hydrogens (tertiary/aromatic N) is 2. The first-order valence-corrected chi connectivity index (χ1v) is 4.95. The molecule has 1 amide bonds. The highest BCUT2D eigenvalue weighted by atomic mass is 16.4. The molecule has 1 aliphatic rings. The number of nitrogens with one attached hydrogen (secondary N) is 1. The summed E-state index contributed by atoms with van der Waals surface area (Å²) in [5.74, 6) is -0.491. The van der Waals surface area contributed by atoms with Crippen molar-refractivity contribution in [1.82, 2.24) is 9.97 Å². The summed E-state index contributed by atoms with van der Waals surface area (Å²) in [5, 5.41) is 11.3. The van der Waals surface area contributed by atoms with Gasteiger partial charge in [0.15, 0.2) is 5.82 Å². The van der Waals surface area contributed by atoms with Crippen molar-refractivity contribution in [2.75, 3.05) is 5.32 Å². The van der Waals surface area contributed by atoms with Gasteiger partial charge in [-0.3, -0.25) is 4.79 Å². The van der Waals surface area contributed by atoms with Crippen LogP contribution in [0, 0.1) is 0 Å². The van der Waals surface area contributed by atoms with Crippen molar-refractivity contribution < 1.29 is 14.7 Å². The molecule has 1 saturated carbocycles. The Morgan fingerprint density at radius 1 is 1.50 bits per heavy atom. The number of carboxylic acids is 1. The Hall–Kier alpha value is -1.98. The monoisotopic (exact) mass is 221 g/mol. The fraction of sp³-hybridized carbons (Fsp3) is 0.400. The highest BCUT2D eigenvalue weighted by Crippen LogP contribution is 2.38. The Kier molecular flexibility index (Phi) is 2.55. The van der Waals surface area contributed by atoms with Crippen molar-refractivity contribution in [3.63, 3.8) is 0 Å². The summed E-state index contributed by atoms with van der Waals surface area (Å²) >= 11 is 0. The van der Waals surface area contributed by atoms with E-state index in [0.717, 1.165) is 12.8 Å². The van der Waals surface area contributed by atoms with Gasteiger partial charge in [0.2, 0.25) is 5.91 Å². The van der Waals surface area contributed by atoms with Gasteiger partial charge in [-0.25, -0.2) is 14.8 Å². The van der Waals surface area contributed by atoms with E-state index >= 15 is 0 Å². The van der Waals surface area contributed by atoms with Crippen LogP contribution < -0.4 is 5.32 Å². The van der Waals surface area contributed by atoms with Gasteiger partial charge in [-0.05, 0) is 12.8 Å². The summed E-state index contributed by atoms with van der Waals surface area (Å²) in [6.07, 6.45) is 3.28. The van der Waals surface area contributed by atoms with E-state index in [9.17, 15) is 9.59 Å². The minimum absolute atomic E-state index is 0.0805. The average Bonchev–Trinajstić information content (AvgIpc) is 2.99. The molecule has 0 bridgehead atoms. The number of rotatable bonds is 3. The number of hydrogen-bond acceptors (Lipinski definition) is 4. The van der Waals surface area contributed by atoms with Gasteiger partial charge in [-0.1, -0.05) is 0 Å². The standard InChI is InChI=1S/C10H11N3O3/c1-5(14)12-9-7(10(15)16)4-11-8(13-9)6-2-3-6/h4,6H,2-3H2,1H3,(H,15,16)(H,11,12,13,14). The SMILES string of the molecule is CC(=O)Nc1nc(C2CC2)ncc1C(=O)O. The van der Waals surface area contributed by atoms with E-state index < -0.39 is 5.97 Å². The highest BCUT2D eigenvalue weighted by Gasteiger charge is 2.28. The number of amides is 1. The molecule has 0 spiro atoms. The van der Waals surface area contributed by atoms with Gasteiger partial charge < -0.3 is 10.4 Å². The normalized spacial score (nSPS) is 14.6. The van der Waals surface area contributed by atoms with E-state index in [1.54, 1.807) is 0 Å². The number of carboxylic acid groups (broad SMARTS) is 1. The van der Waals surface area contributed by atoms with Crippen molar-refractivity contribution in [3.8, 4) is 0 Å². The molecule has 6 nitrogen and oxygen atoms in total. The fourth-order valence-corrected chi connectivity index (χ4v) is 1.35. The van der Waals surface area contributed by atoms with Gasteiger partial charge in [0.1, 0.15) is 11.4 Å². The zero-order chi connectivity index (χ0) is 11.7. The summed E-state index contributed by atoms with van der Waals surface area (Å²) in [4.78, 5) is 29.8. The molecule has 6 heteroatoms. The zero-order valence-electron chi connectivity index (χ0n) is 8.73.